The Kier molecular flexibility index (Phi) is 10.5. The molecule has 0 spiro atoms. The van der Waals surface area contributed by atoms with Crippen molar-refractivity contribution in [3.05, 3.63) is 99.0 Å². The minimum absolute atomic E-state index is 0.0585. The summed E-state index contributed by atoms with van der Waals surface area (Å²) in [5.74, 6) is -0.982. The van der Waals surface area contributed by atoms with Crippen LogP contribution in [0, 0.1) is 0 Å². The van der Waals surface area contributed by atoms with Crippen molar-refractivity contribution in [1.29, 1.82) is 0 Å². The third-order valence-corrected chi connectivity index (χ3v) is 7.86. The quantitative estimate of drug-likeness (QED) is 0.301. The van der Waals surface area contributed by atoms with E-state index in [9.17, 15) is 18.0 Å². The number of sulfonamides is 1. The first-order valence-corrected chi connectivity index (χ1v) is 15.4. The second-order valence-electron chi connectivity index (χ2n) is 10.5. The molecule has 0 aliphatic carbocycles. The summed E-state index contributed by atoms with van der Waals surface area (Å²) in [6.07, 6.45) is 1.20. The van der Waals surface area contributed by atoms with Crippen LogP contribution in [0.5, 0.6) is 0 Å². The summed E-state index contributed by atoms with van der Waals surface area (Å²) in [4.78, 5) is 29.2. The van der Waals surface area contributed by atoms with Gasteiger partial charge in [0.1, 0.15) is 12.6 Å². The Morgan fingerprint density at radius 3 is 2.12 bits per heavy atom. The highest BCUT2D eigenvalue weighted by atomic mass is 35.5. The lowest BCUT2D eigenvalue weighted by Crippen LogP contribution is -2.56. The standard InChI is InChI=1S/C29H32Cl3N3O4S/c1-29(2,3)33-28(37)26(15-20-9-6-5-7-10-20)34(18-21-13-14-23(31)17-25(21)32)27(36)19-35(40(4,38)39)24-12-8-11-22(30)16-24/h5-14,16-17,26H,15,18-19H2,1-4H3,(H,33,37). The van der Waals surface area contributed by atoms with E-state index in [-0.39, 0.29) is 24.6 Å². The lowest BCUT2D eigenvalue weighted by atomic mass is 10.0. The highest BCUT2D eigenvalue weighted by Crippen LogP contribution is 2.26. The molecular formula is C29H32Cl3N3O4S. The largest absolute Gasteiger partial charge is 0.350 e. The maximum absolute atomic E-state index is 14.1. The minimum atomic E-state index is -3.90. The predicted octanol–water partition coefficient (Wildman–Crippen LogP) is 5.97. The van der Waals surface area contributed by atoms with Crippen LogP contribution in [0.15, 0.2) is 72.8 Å². The number of nitrogens with one attached hydrogen (secondary N) is 1. The third-order valence-electron chi connectivity index (χ3n) is 5.90. The number of nitrogens with zero attached hydrogens (tertiary/aromatic N) is 2. The predicted molar refractivity (Wildman–Crippen MR) is 162 cm³/mol. The molecule has 0 aromatic heterocycles. The van der Waals surface area contributed by atoms with E-state index >= 15 is 0 Å². The molecule has 3 aromatic carbocycles. The van der Waals surface area contributed by atoms with E-state index in [2.05, 4.69) is 5.32 Å². The molecule has 0 fully saturated rings. The summed E-state index contributed by atoms with van der Waals surface area (Å²) in [5, 5.41) is 4.02. The molecule has 0 bridgehead atoms. The molecule has 0 radical (unpaired) electrons. The van der Waals surface area contributed by atoms with Crippen LogP contribution in [0.2, 0.25) is 15.1 Å². The highest BCUT2D eigenvalue weighted by Gasteiger charge is 2.34. The van der Waals surface area contributed by atoms with E-state index in [1.807, 2.05) is 51.1 Å². The van der Waals surface area contributed by atoms with Gasteiger partial charge in [-0.25, -0.2) is 8.42 Å². The van der Waals surface area contributed by atoms with E-state index in [0.29, 0.717) is 20.6 Å². The van der Waals surface area contributed by atoms with Gasteiger partial charge in [-0.1, -0.05) is 77.3 Å². The van der Waals surface area contributed by atoms with Crippen molar-refractivity contribution in [1.82, 2.24) is 10.2 Å². The molecule has 214 valence electrons. The molecule has 40 heavy (non-hydrogen) atoms. The number of amides is 2. The van der Waals surface area contributed by atoms with Crippen molar-refractivity contribution in [2.75, 3.05) is 17.1 Å². The molecule has 1 atom stereocenters. The summed E-state index contributed by atoms with van der Waals surface area (Å²) >= 11 is 18.7. The van der Waals surface area contributed by atoms with Crippen LogP contribution in [0.3, 0.4) is 0 Å². The van der Waals surface area contributed by atoms with E-state index in [4.69, 9.17) is 34.8 Å². The number of benzene rings is 3. The van der Waals surface area contributed by atoms with Crippen molar-refractivity contribution < 1.29 is 18.0 Å². The van der Waals surface area contributed by atoms with Gasteiger partial charge in [0.05, 0.1) is 11.9 Å². The van der Waals surface area contributed by atoms with Crippen LogP contribution in [-0.4, -0.2) is 49.5 Å². The minimum Gasteiger partial charge on any atom is -0.350 e. The maximum atomic E-state index is 14.1. The summed E-state index contributed by atoms with van der Waals surface area (Å²) < 4.78 is 26.6. The fourth-order valence-corrected chi connectivity index (χ4v) is 5.58. The second-order valence-corrected chi connectivity index (χ2v) is 13.6. The Bertz CT molecular complexity index is 1460. The van der Waals surface area contributed by atoms with Crippen LogP contribution in [-0.2, 0) is 32.6 Å². The Morgan fingerprint density at radius 1 is 0.900 bits per heavy atom. The molecule has 11 heteroatoms. The first-order chi connectivity index (χ1) is 18.6. The molecule has 3 aromatic rings. The van der Waals surface area contributed by atoms with E-state index in [1.165, 1.54) is 11.0 Å². The molecule has 1 N–H and O–H groups in total. The Hall–Kier alpha value is -2.78. The first kappa shape index (κ1) is 31.7. The van der Waals surface area contributed by atoms with Crippen molar-refractivity contribution >= 4 is 62.3 Å². The Morgan fingerprint density at radius 2 is 1.55 bits per heavy atom. The fourth-order valence-electron chi connectivity index (χ4n) is 4.09. The van der Waals surface area contributed by atoms with Crippen LogP contribution < -0.4 is 9.62 Å². The van der Waals surface area contributed by atoms with Gasteiger partial charge in [-0.05, 0) is 62.2 Å². The second kappa shape index (κ2) is 13.3. The third kappa shape index (κ3) is 9.13. The Balaban J connectivity index is 2.10. The molecule has 0 heterocycles. The SMILES string of the molecule is CC(C)(C)NC(=O)C(Cc1ccccc1)N(Cc1ccc(Cl)cc1Cl)C(=O)CN(c1cccc(Cl)c1)S(C)(=O)=O. The van der Waals surface area contributed by atoms with E-state index in [1.54, 1.807) is 36.4 Å². The van der Waals surface area contributed by atoms with Gasteiger partial charge in [0.15, 0.2) is 0 Å². The summed E-state index contributed by atoms with van der Waals surface area (Å²) in [6, 6.07) is 19.4. The van der Waals surface area contributed by atoms with Gasteiger partial charge >= 0.3 is 0 Å². The zero-order valence-electron chi connectivity index (χ0n) is 22.7. The van der Waals surface area contributed by atoms with Gasteiger partial charge < -0.3 is 10.2 Å². The number of halogens is 3. The summed E-state index contributed by atoms with van der Waals surface area (Å²) in [5.41, 5.74) is 1.02. The van der Waals surface area contributed by atoms with Gasteiger partial charge in [-0.3, -0.25) is 13.9 Å². The fraction of sp³-hybridized carbons (Fsp3) is 0.310. The van der Waals surface area contributed by atoms with Gasteiger partial charge in [0, 0.05) is 33.6 Å². The average Bonchev–Trinajstić information content (AvgIpc) is 2.84. The maximum Gasteiger partial charge on any atom is 0.244 e. The van der Waals surface area contributed by atoms with Crippen LogP contribution >= 0.6 is 34.8 Å². The van der Waals surface area contributed by atoms with Crippen LogP contribution in [0.4, 0.5) is 5.69 Å². The topological polar surface area (TPSA) is 86.8 Å². The molecule has 3 rings (SSSR count). The number of carbonyl (C=O) groups is 2. The molecule has 2 amide bonds. The lowest BCUT2D eigenvalue weighted by Gasteiger charge is -2.35. The Labute approximate surface area is 251 Å². The number of hydrogen-bond acceptors (Lipinski definition) is 4. The molecule has 0 saturated carbocycles. The molecule has 0 aliphatic rings. The zero-order chi connectivity index (χ0) is 29.7. The van der Waals surface area contributed by atoms with Crippen molar-refractivity contribution in [2.24, 2.45) is 0 Å². The van der Waals surface area contributed by atoms with Gasteiger partial charge in [0.2, 0.25) is 21.8 Å². The average molecular weight is 625 g/mol. The number of anilines is 1. The smallest absolute Gasteiger partial charge is 0.244 e. The summed E-state index contributed by atoms with van der Waals surface area (Å²) in [6.45, 7) is 4.92. The van der Waals surface area contributed by atoms with Crippen molar-refractivity contribution in [3.63, 3.8) is 0 Å². The van der Waals surface area contributed by atoms with Gasteiger partial charge in [-0.2, -0.15) is 0 Å². The van der Waals surface area contributed by atoms with E-state index in [0.717, 1.165) is 16.1 Å². The van der Waals surface area contributed by atoms with Crippen LogP contribution in [0.1, 0.15) is 31.9 Å². The molecular weight excluding hydrogens is 593 g/mol. The van der Waals surface area contributed by atoms with Crippen LogP contribution in [0.25, 0.3) is 0 Å². The molecule has 0 saturated heterocycles. The number of carbonyl (C=O) groups excluding carboxylic acids is 2. The van der Waals surface area contributed by atoms with Gasteiger partial charge in [0.25, 0.3) is 0 Å². The van der Waals surface area contributed by atoms with Crippen molar-refractivity contribution in [2.45, 2.75) is 45.3 Å². The van der Waals surface area contributed by atoms with E-state index < -0.39 is 34.1 Å². The number of rotatable bonds is 10. The highest BCUT2D eigenvalue weighted by molar-refractivity contribution is 7.92. The zero-order valence-corrected chi connectivity index (χ0v) is 25.8. The molecule has 1 unspecified atom stereocenters. The molecule has 7 nitrogen and oxygen atoms in total. The normalized spacial score (nSPS) is 12.5. The van der Waals surface area contributed by atoms with Crippen molar-refractivity contribution in [3.8, 4) is 0 Å². The first-order valence-electron chi connectivity index (χ1n) is 12.5. The summed E-state index contributed by atoms with van der Waals surface area (Å²) in [7, 11) is -3.90. The van der Waals surface area contributed by atoms with Gasteiger partial charge in [-0.15, -0.1) is 0 Å². The number of hydrogen-bond donors (Lipinski definition) is 1. The molecule has 0 aliphatic heterocycles. The monoisotopic (exact) mass is 623 g/mol. The lowest BCUT2D eigenvalue weighted by molar-refractivity contribution is -0.140.